The van der Waals surface area contributed by atoms with E-state index >= 15 is 0 Å². The van der Waals surface area contributed by atoms with Crippen molar-refractivity contribution in [2.75, 3.05) is 25.0 Å². The fraction of sp³-hybridized carbons (Fsp3) is 0.344. The first-order valence-corrected chi connectivity index (χ1v) is 13.7. The van der Waals surface area contributed by atoms with Crippen LogP contribution in [0.4, 0.5) is 5.69 Å². The Morgan fingerprint density at radius 1 is 0.897 bits per heavy atom. The Bertz CT molecular complexity index is 1300. The van der Waals surface area contributed by atoms with Crippen LogP contribution in [0.1, 0.15) is 47.2 Å². The number of aliphatic carboxylic acids is 1. The second-order valence-electron chi connectivity index (χ2n) is 10.5. The molecule has 5 rings (SSSR count). The molecule has 2 N–H and O–H groups in total. The summed E-state index contributed by atoms with van der Waals surface area (Å²) in [7, 11) is 0. The number of nitrogens with one attached hydrogen (secondary N) is 1. The van der Waals surface area contributed by atoms with Gasteiger partial charge in [-0.1, -0.05) is 54.6 Å². The van der Waals surface area contributed by atoms with Gasteiger partial charge in [0.2, 0.25) is 5.91 Å². The van der Waals surface area contributed by atoms with E-state index in [-0.39, 0.29) is 24.0 Å². The van der Waals surface area contributed by atoms with Gasteiger partial charge in [0, 0.05) is 35.7 Å². The largest absolute Gasteiger partial charge is 0.492 e. The molecule has 7 heteroatoms. The molecule has 1 atom stereocenters. The van der Waals surface area contributed by atoms with Gasteiger partial charge in [-0.05, 0) is 61.4 Å². The lowest BCUT2D eigenvalue weighted by molar-refractivity contribution is -0.138. The quantitative estimate of drug-likeness (QED) is 0.285. The van der Waals surface area contributed by atoms with Crippen molar-refractivity contribution in [3.05, 3.63) is 95.6 Å². The Morgan fingerprint density at radius 3 is 2.26 bits per heavy atom. The lowest BCUT2D eigenvalue weighted by Crippen LogP contribution is -2.37. The van der Waals surface area contributed by atoms with Gasteiger partial charge >= 0.3 is 5.97 Å². The number of anilines is 1. The van der Waals surface area contributed by atoms with Gasteiger partial charge in [-0.3, -0.25) is 9.59 Å². The van der Waals surface area contributed by atoms with E-state index in [1.54, 1.807) is 48.5 Å². The van der Waals surface area contributed by atoms with Gasteiger partial charge in [-0.2, -0.15) is 0 Å². The second-order valence-corrected chi connectivity index (χ2v) is 10.5. The van der Waals surface area contributed by atoms with E-state index in [9.17, 15) is 19.5 Å². The number of carboxylic acids is 1. The van der Waals surface area contributed by atoms with E-state index in [1.165, 1.54) is 12.8 Å². The number of benzene rings is 3. The number of ketones is 1. The van der Waals surface area contributed by atoms with Gasteiger partial charge in [-0.25, -0.2) is 4.79 Å². The lowest BCUT2D eigenvalue weighted by Gasteiger charge is -2.23. The molecule has 2 saturated carbocycles. The van der Waals surface area contributed by atoms with Crippen LogP contribution >= 0.6 is 0 Å². The Kier molecular flexibility index (Phi) is 8.25. The molecule has 1 amide bonds. The van der Waals surface area contributed by atoms with Crippen LogP contribution in [0, 0.1) is 11.8 Å². The fourth-order valence-corrected chi connectivity index (χ4v) is 4.66. The zero-order valence-corrected chi connectivity index (χ0v) is 21.9. The van der Waals surface area contributed by atoms with Crippen LogP contribution in [0.25, 0.3) is 0 Å². The van der Waals surface area contributed by atoms with Crippen LogP contribution in [0.5, 0.6) is 5.75 Å². The fourth-order valence-electron chi connectivity index (χ4n) is 4.66. The molecule has 0 bridgehead atoms. The highest BCUT2D eigenvalue weighted by atomic mass is 16.5. The number of nitrogens with zero attached hydrogens (tertiary/aromatic N) is 1. The lowest BCUT2D eigenvalue weighted by atomic mass is 10.00. The second kappa shape index (κ2) is 12.2. The molecule has 3 aromatic rings. The van der Waals surface area contributed by atoms with E-state index in [2.05, 4.69) is 5.32 Å². The van der Waals surface area contributed by atoms with Gasteiger partial charge < -0.3 is 20.1 Å². The minimum absolute atomic E-state index is 0.168. The molecular weight excluding hydrogens is 492 g/mol. The summed E-state index contributed by atoms with van der Waals surface area (Å²) in [5.41, 5.74) is 2.28. The standard InChI is InChI=1S/C32H34N2O5/c35-30(24-6-2-1-3-7-24)27-8-4-5-9-28(27)33-29(32(37)38)20-22-12-16-26(17-13-22)39-19-18-34(21-23-10-11-23)31(36)25-14-15-25/h1-9,12-13,16-17,23,25,29,33H,10-11,14-15,18-21H2,(H,37,38)/t29-/m0/s1. The number of hydrogen-bond donors (Lipinski definition) is 2. The molecule has 0 unspecified atom stereocenters. The van der Waals surface area contributed by atoms with E-state index < -0.39 is 12.0 Å². The Balaban J connectivity index is 1.18. The van der Waals surface area contributed by atoms with E-state index in [4.69, 9.17) is 4.74 Å². The third-order valence-electron chi connectivity index (χ3n) is 7.24. The molecule has 7 nitrogen and oxygen atoms in total. The maximum Gasteiger partial charge on any atom is 0.326 e. The summed E-state index contributed by atoms with van der Waals surface area (Å²) in [5, 5.41) is 13.0. The minimum atomic E-state index is -1.01. The van der Waals surface area contributed by atoms with Gasteiger partial charge in [0.05, 0.1) is 6.54 Å². The Morgan fingerprint density at radius 2 is 1.59 bits per heavy atom. The third-order valence-corrected chi connectivity index (χ3v) is 7.24. The Labute approximate surface area is 228 Å². The predicted octanol–water partition coefficient (Wildman–Crippen LogP) is 5.05. The number of rotatable bonds is 14. The van der Waals surface area contributed by atoms with Crippen LogP contribution in [0.2, 0.25) is 0 Å². The summed E-state index contributed by atoms with van der Waals surface area (Å²) in [5.74, 6) is 0.628. The molecule has 2 aliphatic carbocycles. The van der Waals surface area contributed by atoms with Crippen LogP contribution in [0.15, 0.2) is 78.9 Å². The average molecular weight is 527 g/mol. The molecule has 0 aliphatic heterocycles. The molecular formula is C32H34N2O5. The van der Waals surface area contributed by atoms with Crippen LogP contribution in [-0.4, -0.2) is 53.4 Å². The van der Waals surface area contributed by atoms with Crippen molar-refractivity contribution in [2.45, 2.75) is 38.1 Å². The number of carbonyl (C=O) groups excluding carboxylic acids is 2. The number of amides is 1. The number of carbonyl (C=O) groups is 3. The topological polar surface area (TPSA) is 95.9 Å². The van der Waals surface area contributed by atoms with Crippen LogP contribution in [0.3, 0.4) is 0 Å². The highest BCUT2D eigenvalue weighted by molar-refractivity contribution is 6.12. The van der Waals surface area contributed by atoms with Crippen molar-refractivity contribution in [3.63, 3.8) is 0 Å². The van der Waals surface area contributed by atoms with Crippen molar-refractivity contribution in [1.82, 2.24) is 4.90 Å². The molecule has 3 aromatic carbocycles. The summed E-state index contributed by atoms with van der Waals surface area (Å²) in [4.78, 5) is 39.7. The van der Waals surface area contributed by atoms with Gasteiger partial charge in [-0.15, -0.1) is 0 Å². The van der Waals surface area contributed by atoms with Gasteiger partial charge in [0.25, 0.3) is 0 Å². The number of hydrogen-bond acceptors (Lipinski definition) is 5. The van der Waals surface area contributed by atoms with E-state index in [1.807, 2.05) is 35.2 Å². The third kappa shape index (κ3) is 7.25. The monoisotopic (exact) mass is 526 g/mol. The van der Waals surface area contributed by atoms with Crippen molar-refractivity contribution in [2.24, 2.45) is 11.8 Å². The molecule has 0 spiro atoms. The Hall–Kier alpha value is -4.13. The maximum absolute atomic E-state index is 13.0. The van der Waals surface area contributed by atoms with Crippen molar-refractivity contribution >= 4 is 23.3 Å². The molecule has 0 radical (unpaired) electrons. The van der Waals surface area contributed by atoms with E-state index in [0.717, 1.165) is 24.9 Å². The number of ether oxygens (including phenoxy) is 1. The summed E-state index contributed by atoms with van der Waals surface area (Å²) < 4.78 is 5.91. The first-order valence-electron chi connectivity index (χ1n) is 13.7. The zero-order chi connectivity index (χ0) is 27.2. The van der Waals surface area contributed by atoms with Crippen molar-refractivity contribution < 1.29 is 24.2 Å². The molecule has 202 valence electrons. The zero-order valence-electron chi connectivity index (χ0n) is 21.9. The first-order chi connectivity index (χ1) is 19.0. The molecule has 0 aromatic heterocycles. The van der Waals surface area contributed by atoms with Gasteiger partial charge in [0.1, 0.15) is 18.4 Å². The number of para-hydroxylation sites is 1. The smallest absolute Gasteiger partial charge is 0.326 e. The molecule has 2 fully saturated rings. The summed E-state index contributed by atoms with van der Waals surface area (Å²) >= 11 is 0. The predicted molar refractivity (Wildman–Crippen MR) is 149 cm³/mol. The first kappa shape index (κ1) is 26.5. The normalized spacial score (nSPS) is 15.3. The van der Waals surface area contributed by atoms with Crippen LogP contribution in [-0.2, 0) is 16.0 Å². The molecule has 0 saturated heterocycles. The summed E-state index contributed by atoms with van der Waals surface area (Å²) in [6.45, 7) is 1.84. The SMILES string of the molecule is O=C(c1ccccc1)c1ccccc1N[C@@H](Cc1ccc(OCCN(CC2CC2)C(=O)C2CC2)cc1)C(=O)O. The molecule has 0 heterocycles. The maximum atomic E-state index is 13.0. The number of carboxylic acid groups (broad SMARTS) is 1. The highest BCUT2D eigenvalue weighted by Gasteiger charge is 2.35. The summed E-state index contributed by atoms with van der Waals surface area (Å²) in [6.07, 6.45) is 4.65. The van der Waals surface area contributed by atoms with Gasteiger partial charge in [0.15, 0.2) is 5.78 Å². The molecule has 2 aliphatic rings. The average Bonchev–Trinajstić information content (AvgIpc) is 3.88. The van der Waals surface area contributed by atoms with E-state index in [0.29, 0.717) is 41.6 Å². The molecule has 39 heavy (non-hydrogen) atoms. The van der Waals surface area contributed by atoms with Crippen LogP contribution < -0.4 is 10.1 Å². The summed E-state index contributed by atoms with van der Waals surface area (Å²) in [6, 6.07) is 22.3. The highest BCUT2D eigenvalue weighted by Crippen LogP contribution is 2.34. The minimum Gasteiger partial charge on any atom is -0.492 e. The van der Waals surface area contributed by atoms with Crippen molar-refractivity contribution in [3.8, 4) is 5.75 Å². The van der Waals surface area contributed by atoms with Crippen molar-refractivity contribution in [1.29, 1.82) is 0 Å².